The molecule has 0 aliphatic heterocycles. The highest BCUT2D eigenvalue weighted by Gasteiger charge is 2.21. The number of carboxylic acid groups (broad SMARTS) is 2. The van der Waals surface area contributed by atoms with Crippen LogP contribution < -0.4 is 10.6 Å². The van der Waals surface area contributed by atoms with Gasteiger partial charge in [0.1, 0.15) is 6.04 Å². The van der Waals surface area contributed by atoms with Gasteiger partial charge in [0, 0.05) is 12.0 Å². The summed E-state index contributed by atoms with van der Waals surface area (Å²) in [5.74, 6) is -2.25. The monoisotopic (exact) mass is 462 g/mol. The van der Waals surface area contributed by atoms with Crippen LogP contribution in [0.3, 0.4) is 0 Å². The number of nitrogens with one attached hydrogen (secondary N) is 2. The first-order valence-corrected chi connectivity index (χ1v) is 10.8. The van der Waals surface area contributed by atoms with Crippen molar-refractivity contribution in [1.29, 1.82) is 0 Å². The maximum absolute atomic E-state index is 12.5. The highest BCUT2D eigenvalue weighted by atomic mass is 16.4. The second-order valence-electron chi connectivity index (χ2n) is 7.87. The van der Waals surface area contributed by atoms with Gasteiger partial charge in [0.15, 0.2) is 0 Å². The molecule has 0 radical (unpaired) electrons. The van der Waals surface area contributed by atoms with Crippen molar-refractivity contribution >= 4 is 17.8 Å². The van der Waals surface area contributed by atoms with E-state index in [0.717, 1.165) is 22.3 Å². The van der Waals surface area contributed by atoms with Crippen molar-refractivity contribution in [2.75, 3.05) is 13.6 Å². The van der Waals surface area contributed by atoms with E-state index < -0.39 is 18.0 Å². The quantitative estimate of drug-likeness (QED) is 0.406. The molecule has 0 bridgehead atoms. The molecule has 0 aliphatic carbocycles. The molecule has 1 atom stereocenters. The number of carbonyl (C=O) groups excluding carboxylic acids is 1. The Hall–Kier alpha value is -3.97. The smallest absolute Gasteiger partial charge is 0.326 e. The van der Waals surface area contributed by atoms with E-state index >= 15 is 0 Å². The zero-order valence-corrected chi connectivity index (χ0v) is 19.5. The number of benzene rings is 3. The number of likely N-dealkylation sites (N-methyl/N-ethyl adjacent to an activating group) is 1. The Morgan fingerprint density at radius 3 is 1.85 bits per heavy atom. The van der Waals surface area contributed by atoms with Crippen molar-refractivity contribution in [3.05, 3.63) is 95.1 Å². The molecule has 0 fully saturated rings. The number of carbonyl (C=O) groups is 3. The van der Waals surface area contributed by atoms with Crippen LogP contribution in [0.5, 0.6) is 0 Å². The van der Waals surface area contributed by atoms with Gasteiger partial charge in [-0.15, -0.1) is 0 Å². The molecular weight excluding hydrogens is 432 g/mol. The lowest BCUT2D eigenvalue weighted by atomic mass is 9.99. The Labute approximate surface area is 199 Å². The van der Waals surface area contributed by atoms with Crippen LogP contribution in [-0.4, -0.2) is 47.7 Å². The molecule has 7 nitrogen and oxygen atoms in total. The standard InChI is InChI=1S/C24H23NO3.C3H7NO2/c1-16-7-11-19(12-8-16)20-13-9-18(10-14-20)15-22(24(27)28)25-23(26)21-6-4-3-5-17(21)2;1-4-2-3(5)6/h3-14,22H,15H2,1-2H3,(H,25,26)(H,27,28);4H,2H2,1H3,(H,5,6). The lowest BCUT2D eigenvalue weighted by Crippen LogP contribution is -2.42. The Morgan fingerprint density at radius 1 is 0.824 bits per heavy atom. The first-order valence-electron chi connectivity index (χ1n) is 10.8. The number of hydrogen-bond acceptors (Lipinski definition) is 4. The molecule has 1 unspecified atom stereocenters. The summed E-state index contributed by atoms with van der Waals surface area (Å²) >= 11 is 0. The van der Waals surface area contributed by atoms with Crippen LogP contribution in [-0.2, 0) is 16.0 Å². The van der Waals surface area contributed by atoms with Gasteiger partial charge in [-0.1, -0.05) is 72.3 Å². The summed E-state index contributed by atoms with van der Waals surface area (Å²) in [5.41, 5.74) is 5.54. The summed E-state index contributed by atoms with van der Waals surface area (Å²) in [6.45, 7) is 3.92. The van der Waals surface area contributed by atoms with Gasteiger partial charge in [-0.3, -0.25) is 9.59 Å². The first-order chi connectivity index (χ1) is 16.2. The number of rotatable bonds is 8. The molecular formula is C27H30N2O5. The highest BCUT2D eigenvalue weighted by molar-refractivity contribution is 5.97. The molecule has 1 amide bonds. The van der Waals surface area contributed by atoms with Crippen molar-refractivity contribution in [3.8, 4) is 11.1 Å². The van der Waals surface area contributed by atoms with Crippen molar-refractivity contribution < 1.29 is 24.6 Å². The second-order valence-corrected chi connectivity index (χ2v) is 7.87. The molecule has 178 valence electrons. The Bertz CT molecular complexity index is 1110. The van der Waals surface area contributed by atoms with Crippen LogP contribution in [0.15, 0.2) is 72.8 Å². The molecule has 0 heterocycles. The van der Waals surface area contributed by atoms with E-state index in [4.69, 9.17) is 5.11 Å². The first kappa shape index (κ1) is 26.3. The molecule has 34 heavy (non-hydrogen) atoms. The highest BCUT2D eigenvalue weighted by Crippen LogP contribution is 2.21. The van der Waals surface area contributed by atoms with Gasteiger partial charge < -0.3 is 20.8 Å². The Morgan fingerprint density at radius 2 is 1.38 bits per heavy atom. The minimum Gasteiger partial charge on any atom is -0.480 e. The normalized spacial score (nSPS) is 11.0. The molecule has 0 saturated heterocycles. The SMILES string of the molecule is CNCC(=O)O.Cc1ccc(-c2ccc(CC(NC(=O)c3ccccc3C)C(=O)O)cc2)cc1. The van der Waals surface area contributed by atoms with Crippen LogP contribution >= 0.6 is 0 Å². The molecule has 3 rings (SSSR count). The van der Waals surface area contributed by atoms with Crippen LogP contribution in [0, 0.1) is 13.8 Å². The predicted molar refractivity (Wildman–Crippen MR) is 132 cm³/mol. The van der Waals surface area contributed by atoms with Crippen LogP contribution in [0.1, 0.15) is 27.0 Å². The molecule has 0 aromatic heterocycles. The summed E-state index contributed by atoms with van der Waals surface area (Å²) in [4.78, 5) is 33.7. The van der Waals surface area contributed by atoms with Crippen molar-refractivity contribution in [3.63, 3.8) is 0 Å². The Balaban J connectivity index is 0.000000604. The zero-order chi connectivity index (χ0) is 25.1. The van der Waals surface area contributed by atoms with Crippen LogP contribution in [0.2, 0.25) is 0 Å². The molecule has 7 heteroatoms. The minimum atomic E-state index is -1.05. The molecule has 3 aromatic rings. The van der Waals surface area contributed by atoms with E-state index in [9.17, 15) is 19.5 Å². The van der Waals surface area contributed by atoms with E-state index in [1.807, 2.05) is 50.2 Å². The number of aryl methyl sites for hydroxylation is 2. The van der Waals surface area contributed by atoms with E-state index in [-0.39, 0.29) is 18.9 Å². The molecule has 0 spiro atoms. The number of carboxylic acids is 2. The molecule has 4 N–H and O–H groups in total. The largest absolute Gasteiger partial charge is 0.480 e. The van der Waals surface area contributed by atoms with E-state index in [1.165, 1.54) is 5.56 Å². The predicted octanol–water partition coefficient (Wildman–Crippen LogP) is 3.69. The van der Waals surface area contributed by atoms with E-state index in [2.05, 4.69) is 34.9 Å². The third-order valence-corrected chi connectivity index (χ3v) is 5.10. The topological polar surface area (TPSA) is 116 Å². The lowest BCUT2D eigenvalue weighted by molar-refractivity contribution is -0.139. The minimum absolute atomic E-state index is 0.0417. The second kappa shape index (κ2) is 12.9. The average Bonchev–Trinajstić information content (AvgIpc) is 2.80. The van der Waals surface area contributed by atoms with E-state index in [0.29, 0.717) is 5.56 Å². The van der Waals surface area contributed by atoms with Gasteiger partial charge in [-0.05, 0) is 49.2 Å². The van der Waals surface area contributed by atoms with Gasteiger partial charge >= 0.3 is 11.9 Å². The third kappa shape index (κ3) is 8.18. The molecule has 0 aliphatic rings. The molecule has 0 saturated carbocycles. The third-order valence-electron chi connectivity index (χ3n) is 5.10. The Kier molecular flexibility index (Phi) is 9.98. The summed E-state index contributed by atoms with van der Waals surface area (Å²) in [6, 6.07) is 22.2. The fraction of sp³-hybridized carbons (Fsp3) is 0.222. The average molecular weight is 463 g/mol. The fourth-order valence-electron chi connectivity index (χ4n) is 3.23. The van der Waals surface area contributed by atoms with Crippen molar-refractivity contribution in [2.24, 2.45) is 0 Å². The van der Waals surface area contributed by atoms with Gasteiger partial charge in [-0.25, -0.2) is 4.79 Å². The summed E-state index contributed by atoms with van der Waals surface area (Å²) in [5, 5.41) is 22.5. The van der Waals surface area contributed by atoms with Gasteiger partial charge in [0.2, 0.25) is 0 Å². The van der Waals surface area contributed by atoms with Crippen molar-refractivity contribution in [1.82, 2.24) is 10.6 Å². The van der Waals surface area contributed by atoms with Gasteiger partial charge in [-0.2, -0.15) is 0 Å². The summed E-state index contributed by atoms with van der Waals surface area (Å²) in [6.07, 6.45) is 0.223. The van der Waals surface area contributed by atoms with Crippen molar-refractivity contribution in [2.45, 2.75) is 26.3 Å². The summed E-state index contributed by atoms with van der Waals surface area (Å²) < 4.78 is 0. The maximum Gasteiger partial charge on any atom is 0.326 e. The summed E-state index contributed by atoms with van der Waals surface area (Å²) in [7, 11) is 1.59. The maximum atomic E-state index is 12.5. The van der Waals surface area contributed by atoms with E-state index in [1.54, 1.807) is 19.2 Å². The fourth-order valence-corrected chi connectivity index (χ4v) is 3.23. The number of amides is 1. The number of hydrogen-bond donors (Lipinski definition) is 4. The van der Waals surface area contributed by atoms with Gasteiger partial charge in [0.25, 0.3) is 5.91 Å². The number of aliphatic carboxylic acids is 2. The van der Waals surface area contributed by atoms with Crippen LogP contribution in [0.25, 0.3) is 11.1 Å². The van der Waals surface area contributed by atoms with Crippen LogP contribution in [0.4, 0.5) is 0 Å². The molecule has 3 aromatic carbocycles. The lowest BCUT2D eigenvalue weighted by Gasteiger charge is -2.16. The zero-order valence-electron chi connectivity index (χ0n) is 19.5. The van der Waals surface area contributed by atoms with Gasteiger partial charge in [0.05, 0.1) is 6.54 Å².